The van der Waals surface area contributed by atoms with E-state index in [0.29, 0.717) is 31.6 Å². The number of phenols is 1. The molecule has 1 aromatic heterocycles. The van der Waals surface area contributed by atoms with Crippen LogP contribution >= 0.6 is 44.1 Å². The molecule has 0 amide bonds. The molecule has 0 unspecified atom stereocenters. The van der Waals surface area contributed by atoms with Crippen molar-refractivity contribution in [3.8, 4) is 5.75 Å². The summed E-state index contributed by atoms with van der Waals surface area (Å²) in [5.41, 5.74) is 2.32. The van der Waals surface area contributed by atoms with Crippen LogP contribution in [0.25, 0.3) is 11.8 Å². The van der Waals surface area contributed by atoms with Gasteiger partial charge in [0.25, 0.3) is 0 Å². The Hall–Kier alpha value is -1.44. The van der Waals surface area contributed by atoms with E-state index in [0.717, 1.165) is 10.2 Å². The third kappa shape index (κ3) is 2.64. The molecular formula is C15H9Br2NO3S. The lowest BCUT2D eigenvalue weighted by atomic mass is 10.1. The number of aromatic hydroxyl groups is 1. The predicted molar refractivity (Wildman–Crippen MR) is 93.2 cm³/mol. The number of aromatic amines is 1. The molecule has 1 aromatic carbocycles. The van der Waals surface area contributed by atoms with Crippen molar-refractivity contribution in [1.29, 1.82) is 0 Å². The lowest BCUT2D eigenvalue weighted by molar-refractivity contribution is 0.0716. The summed E-state index contributed by atoms with van der Waals surface area (Å²) in [6.07, 6.45) is 1.61. The van der Waals surface area contributed by atoms with Gasteiger partial charge in [-0.15, -0.1) is 0 Å². The molecule has 0 atom stereocenters. The molecule has 7 heteroatoms. The number of fused-ring (bicyclic) bond motifs is 1. The number of hydrogen-bond acceptors (Lipinski definition) is 4. The number of carbonyl (C=O) groups excluding carboxylic acids is 1. The van der Waals surface area contributed by atoms with Crippen molar-refractivity contribution < 1.29 is 14.6 Å². The van der Waals surface area contributed by atoms with Gasteiger partial charge < -0.3 is 14.8 Å². The Labute approximate surface area is 148 Å². The summed E-state index contributed by atoms with van der Waals surface area (Å²) in [5.74, 6) is -0.0578. The van der Waals surface area contributed by atoms with Gasteiger partial charge in [-0.05, 0) is 47.1 Å². The van der Waals surface area contributed by atoms with Gasteiger partial charge in [-0.25, -0.2) is 4.79 Å². The van der Waals surface area contributed by atoms with Crippen molar-refractivity contribution in [2.45, 2.75) is 6.92 Å². The number of phenolic OH excluding ortho intramolecular Hbond substituents is 1. The standard InChI is InChI=1S/C15H9Br2NO3S/c1-6-2-9-11(21-15(20)12(9)14(22)18-6)4-7-3-8(16)5-10(17)13(7)19/h2-5,19H,1H3,(H,18,22)/b11-4-. The van der Waals surface area contributed by atoms with Crippen molar-refractivity contribution in [1.82, 2.24) is 4.98 Å². The fraction of sp³-hybridized carbons (Fsp3) is 0.0667. The Morgan fingerprint density at radius 1 is 1.32 bits per heavy atom. The minimum absolute atomic E-state index is 0.0676. The number of esters is 1. The van der Waals surface area contributed by atoms with E-state index in [9.17, 15) is 9.90 Å². The van der Waals surface area contributed by atoms with Crippen LogP contribution in [0, 0.1) is 11.6 Å². The molecule has 22 heavy (non-hydrogen) atoms. The van der Waals surface area contributed by atoms with Crippen molar-refractivity contribution >= 4 is 61.9 Å². The predicted octanol–water partition coefficient (Wildman–Crippen LogP) is 4.95. The first-order chi connectivity index (χ1) is 10.4. The lowest BCUT2D eigenvalue weighted by Crippen LogP contribution is -1.97. The molecule has 0 spiro atoms. The molecule has 2 aromatic rings. The zero-order valence-electron chi connectivity index (χ0n) is 11.2. The maximum Gasteiger partial charge on any atom is 0.347 e. The first kappa shape index (κ1) is 15.5. The highest BCUT2D eigenvalue weighted by Gasteiger charge is 2.28. The summed E-state index contributed by atoms with van der Waals surface area (Å²) >= 11 is 11.8. The van der Waals surface area contributed by atoms with E-state index in [-0.39, 0.29) is 5.75 Å². The van der Waals surface area contributed by atoms with Crippen molar-refractivity contribution in [3.63, 3.8) is 0 Å². The Kier molecular flexibility index (Phi) is 3.96. The number of H-pyrrole nitrogens is 1. The molecule has 0 fully saturated rings. The number of hydrogen-bond donors (Lipinski definition) is 2. The molecule has 0 aliphatic carbocycles. The van der Waals surface area contributed by atoms with Gasteiger partial charge in [-0.1, -0.05) is 28.1 Å². The van der Waals surface area contributed by atoms with Crippen LogP contribution in [-0.4, -0.2) is 16.1 Å². The second-order valence-electron chi connectivity index (χ2n) is 4.79. The van der Waals surface area contributed by atoms with E-state index in [4.69, 9.17) is 17.0 Å². The van der Waals surface area contributed by atoms with Gasteiger partial charge in [-0.2, -0.15) is 0 Å². The third-order valence-corrected chi connectivity index (χ3v) is 4.55. The van der Waals surface area contributed by atoms with Crippen LogP contribution in [-0.2, 0) is 4.74 Å². The molecule has 0 radical (unpaired) electrons. The van der Waals surface area contributed by atoms with Gasteiger partial charge >= 0.3 is 5.97 Å². The Morgan fingerprint density at radius 2 is 2.05 bits per heavy atom. The molecule has 2 N–H and O–H groups in total. The molecule has 4 nitrogen and oxygen atoms in total. The van der Waals surface area contributed by atoms with E-state index in [1.807, 2.05) is 6.92 Å². The van der Waals surface area contributed by atoms with E-state index < -0.39 is 5.97 Å². The lowest BCUT2D eigenvalue weighted by Gasteiger charge is -2.05. The molecule has 1 aliphatic rings. The molecule has 0 saturated carbocycles. The maximum absolute atomic E-state index is 12.0. The highest BCUT2D eigenvalue weighted by Crippen LogP contribution is 2.37. The molecule has 1 aliphatic heterocycles. The number of aromatic nitrogens is 1. The van der Waals surface area contributed by atoms with Gasteiger partial charge in [-0.3, -0.25) is 0 Å². The molecule has 112 valence electrons. The van der Waals surface area contributed by atoms with Gasteiger partial charge in [0, 0.05) is 21.3 Å². The van der Waals surface area contributed by atoms with E-state index in [1.165, 1.54) is 0 Å². The highest BCUT2D eigenvalue weighted by atomic mass is 79.9. The summed E-state index contributed by atoms with van der Waals surface area (Å²) in [5, 5.41) is 10.1. The number of nitrogens with one attached hydrogen (secondary N) is 1. The Morgan fingerprint density at radius 3 is 2.77 bits per heavy atom. The van der Waals surface area contributed by atoms with E-state index >= 15 is 0 Å². The molecule has 2 heterocycles. The smallest absolute Gasteiger partial charge is 0.347 e. The van der Waals surface area contributed by atoms with Gasteiger partial charge in [0.1, 0.15) is 21.7 Å². The minimum Gasteiger partial charge on any atom is -0.506 e. The summed E-state index contributed by atoms with van der Waals surface area (Å²) in [7, 11) is 0. The number of carbonyl (C=O) groups is 1. The normalized spacial score (nSPS) is 15.0. The molecular weight excluding hydrogens is 434 g/mol. The Balaban J connectivity index is 2.21. The number of pyridine rings is 1. The summed E-state index contributed by atoms with van der Waals surface area (Å²) < 4.78 is 6.98. The van der Waals surface area contributed by atoms with Crippen LogP contribution in [0.15, 0.2) is 27.1 Å². The zero-order valence-corrected chi connectivity index (χ0v) is 15.2. The second kappa shape index (κ2) is 5.64. The zero-order chi connectivity index (χ0) is 16.0. The third-order valence-electron chi connectivity index (χ3n) is 3.18. The van der Waals surface area contributed by atoms with Crippen molar-refractivity contribution in [3.05, 3.63) is 54.2 Å². The van der Waals surface area contributed by atoms with Crippen molar-refractivity contribution in [2.24, 2.45) is 0 Å². The van der Waals surface area contributed by atoms with Crippen LogP contribution in [0.1, 0.15) is 27.2 Å². The minimum atomic E-state index is -0.490. The first-order valence-corrected chi connectivity index (χ1v) is 8.22. The number of halogens is 2. The van der Waals surface area contributed by atoms with Gasteiger partial charge in [0.15, 0.2) is 0 Å². The Bertz CT molecular complexity index is 902. The van der Waals surface area contributed by atoms with Crippen LogP contribution in [0.3, 0.4) is 0 Å². The topological polar surface area (TPSA) is 62.3 Å². The van der Waals surface area contributed by atoms with Crippen LogP contribution in [0.4, 0.5) is 0 Å². The average Bonchev–Trinajstić information content (AvgIpc) is 2.72. The van der Waals surface area contributed by atoms with Crippen LogP contribution < -0.4 is 0 Å². The number of aryl methyl sites for hydroxylation is 1. The molecule has 0 saturated heterocycles. The molecule has 0 bridgehead atoms. The largest absolute Gasteiger partial charge is 0.506 e. The first-order valence-electron chi connectivity index (χ1n) is 6.23. The van der Waals surface area contributed by atoms with E-state index in [1.54, 1.807) is 24.3 Å². The second-order valence-corrected chi connectivity index (χ2v) is 6.97. The highest BCUT2D eigenvalue weighted by molar-refractivity contribution is 9.11. The van der Waals surface area contributed by atoms with Crippen LogP contribution in [0.5, 0.6) is 5.75 Å². The SMILES string of the molecule is Cc1cc2c(c(=S)[nH]1)C(=O)O/C2=C\c1cc(Br)cc(Br)c1O. The summed E-state index contributed by atoms with van der Waals surface area (Å²) in [4.78, 5) is 14.9. The fourth-order valence-corrected chi connectivity index (χ4v) is 3.85. The number of benzene rings is 1. The monoisotopic (exact) mass is 441 g/mol. The fourth-order valence-electron chi connectivity index (χ4n) is 2.24. The number of cyclic esters (lactones) is 1. The summed E-state index contributed by atoms with van der Waals surface area (Å²) in [6, 6.07) is 5.26. The van der Waals surface area contributed by atoms with Crippen LogP contribution in [0.2, 0.25) is 0 Å². The van der Waals surface area contributed by atoms with Crippen molar-refractivity contribution in [2.75, 3.05) is 0 Å². The maximum atomic E-state index is 12.0. The quantitative estimate of drug-likeness (QED) is 0.484. The molecule has 3 rings (SSSR count). The van der Waals surface area contributed by atoms with E-state index in [2.05, 4.69) is 36.8 Å². The van der Waals surface area contributed by atoms with Gasteiger partial charge in [0.2, 0.25) is 0 Å². The summed E-state index contributed by atoms with van der Waals surface area (Å²) in [6.45, 7) is 1.85. The van der Waals surface area contributed by atoms with Gasteiger partial charge in [0.05, 0.1) is 4.47 Å². The number of rotatable bonds is 1. The average molecular weight is 443 g/mol. The number of ether oxygens (including phenoxy) is 1.